The minimum Gasteiger partial charge on any atom is -0.297 e. The highest BCUT2D eigenvalue weighted by molar-refractivity contribution is 5.48. The fourth-order valence-corrected chi connectivity index (χ4v) is 2.71. The minimum atomic E-state index is 0.409. The van der Waals surface area contributed by atoms with Gasteiger partial charge in [-0.1, -0.05) is 36.4 Å². The molecule has 3 heterocycles. The molecule has 0 unspecified atom stereocenters. The summed E-state index contributed by atoms with van der Waals surface area (Å²) in [6.07, 6.45) is 6.96. The molecular formula is C20H15N9. The second-order valence-corrected chi connectivity index (χ2v) is 5.76. The summed E-state index contributed by atoms with van der Waals surface area (Å²) in [6.45, 7) is 0. The first-order valence-corrected chi connectivity index (χ1v) is 8.68. The maximum Gasteiger partial charge on any atom is 0.240 e. The Labute approximate surface area is 165 Å². The Bertz CT molecular complexity index is 1200. The molecule has 0 fully saturated rings. The number of rotatable bonds is 3. The molecule has 0 radical (unpaired) electrons. The summed E-state index contributed by atoms with van der Waals surface area (Å²) in [7, 11) is 0. The van der Waals surface area contributed by atoms with Crippen molar-refractivity contribution in [2.24, 2.45) is 0 Å². The first-order valence-electron chi connectivity index (χ1n) is 8.68. The first-order chi connectivity index (χ1) is 14.4. The summed E-state index contributed by atoms with van der Waals surface area (Å²) in [5.74, 6) is 1.56. The van der Waals surface area contributed by atoms with Gasteiger partial charge in [-0.15, -0.1) is 10.2 Å². The van der Waals surface area contributed by atoms with E-state index in [4.69, 9.17) is 5.26 Å². The van der Waals surface area contributed by atoms with Crippen LogP contribution in [-0.4, -0.2) is 39.7 Å². The molecule has 9 nitrogen and oxygen atoms in total. The molecule has 5 aromatic rings. The average Bonchev–Trinajstić information content (AvgIpc) is 3.56. The molecule has 0 aliphatic carbocycles. The average molecular weight is 381 g/mol. The molecule has 0 amide bonds. The maximum atomic E-state index is 8.74. The highest BCUT2D eigenvalue weighted by Crippen LogP contribution is 2.16. The van der Waals surface area contributed by atoms with Crippen LogP contribution in [0.4, 0.5) is 0 Å². The Morgan fingerprint density at radius 3 is 2.03 bits per heavy atom. The van der Waals surface area contributed by atoms with Crippen LogP contribution in [0.15, 0.2) is 85.5 Å². The monoisotopic (exact) mass is 381 g/mol. The number of imidazole rings is 2. The van der Waals surface area contributed by atoms with E-state index in [0.29, 0.717) is 17.5 Å². The van der Waals surface area contributed by atoms with Crippen molar-refractivity contribution in [2.45, 2.75) is 0 Å². The number of hydrogen-bond donors (Lipinski definition) is 1. The molecule has 140 valence electrons. The number of tetrazole rings is 1. The third-order valence-corrected chi connectivity index (χ3v) is 4.00. The van der Waals surface area contributed by atoms with Gasteiger partial charge in [0.2, 0.25) is 11.6 Å². The Hall–Kier alpha value is -4.58. The van der Waals surface area contributed by atoms with E-state index in [-0.39, 0.29) is 0 Å². The zero-order chi connectivity index (χ0) is 19.9. The van der Waals surface area contributed by atoms with E-state index in [9.17, 15) is 0 Å². The van der Waals surface area contributed by atoms with Crippen LogP contribution in [0.25, 0.3) is 23.0 Å². The SMILES string of the molecule is N#Cc1nccn1-c1ccccc1.c1ccc(-n2ccnc2-c2nn[nH]n2)cc1. The molecule has 0 spiro atoms. The van der Waals surface area contributed by atoms with Gasteiger partial charge in [0.25, 0.3) is 0 Å². The van der Waals surface area contributed by atoms with Crippen molar-refractivity contribution in [3.05, 3.63) is 91.3 Å². The molecular weight excluding hydrogens is 366 g/mol. The zero-order valence-electron chi connectivity index (χ0n) is 15.2. The van der Waals surface area contributed by atoms with E-state index in [2.05, 4.69) is 30.6 Å². The third kappa shape index (κ3) is 3.91. The lowest BCUT2D eigenvalue weighted by Gasteiger charge is -2.03. The summed E-state index contributed by atoms with van der Waals surface area (Å²) < 4.78 is 3.66. The van der Waals surface area contributed by atoms with E-state index in [1.807, 2.05) is 77.5 Å². The zero-order valence-corrected chi connectivity index (χ0v) is 15.2. The smallest absolute Gasteiger partial charge is 0.240 e. The van der Waals surface area contributed by atoms with Crippen molar-refractivity contribution in [3.8, 4) is 29.1 Å². The molecule has 29 heavy (non-hydrogen) atoms. The Morgan fingerprint density at radius 1 is 0.793 bits per heavy atom. The number of aromatic nitrogens is 8. The van der Waals surface area contributed by atoms with Crippen LogP contribution in [0, 0.1) is 11.3 Å². The van der Waals surface area contributed by atoms with Gasteiger partial charge in [0, 0.05) is 36.2 Å². The molecule has 0 bridgehead atoms. The summed E-state index contributed by atoms with van der Waals surface area (Å²) >= 11 is 0. The van der Waals surface area contributed by atoms with E-state index >= 15 is 0 Å². The quantitative estimate of drug-likeness (QED) is 0.514. The standard InChI is InChI=1S/C10H8N6.C10H7N3/c1-2-4-8(5-3-1)16-7-6-11-10(16)9-12-14-15-13-9;11-8-10-12-6-7-13(10)9-4-2-1-3-5-9/h1-7H,(H,12,13,14,15);1-7H. The maximum absolute atomic E-state index is 8.74. The molecule has 0 saturated carbocycles. The van der Waals surface area contributed by atoms with Gasteiger partial charge in [0.1, 0.15) is 6.07 Å². The van der Waals surface area contributed by atoms with Crippen LogP contribution in [0.2, 0.25) is 0 Å². The van der Waals surface area contributed by atoms with E-state index in [0.717, 1.165) is 11.4 Å². The minimum absolute atomic E-state index is 0.409. The van der Waals surface area contributed by atoms with Crippen molar-refractivity contribution in [3.63, 3.8) is 0 Å². The number of aromatic amines is 1. The van der Waals surface area contributed by atoms with Gasteiger partial charge in [-0.2, -0.15) is 10.5 Å². The Kier molecular flexibility index (Phi) is 5.16. The highest BCUT2D eigenvalue weighted by atomic mass is 15.5. The third-order valence-electron chi connectivity index (χ3n) is 4.00. The van der Waals surface area contributed by atoms with Crippen LogP contribution in [0.5, 0.6) is 0 Å². The number of nitriles is 1. The van der Waals surface area contributed by atoms with Gasteiger partial charge in [0.05, 0.1) is 0 Å². The van der Waals surface area contributed by atoms with E-state index < -0.39 is 0 Å². The Balaban J connectivity index is 0.000000145. The normalized spacial score (nSPS) is 10.0. The molecule has 0 saturated heterocycles. The van der Waals surface area contributed by atoms with Crippen LogP contribution >= 0.6 is 0 Å². The number of nitrogens with zero attached hydrogens (tertiary/aromatic N) is 8. The van der Waals surface area contributed by atoms with Gasteiger partial charge < -0.3 is 0 Å². The molecule has 5 rings (SSSR count). The van der Waals surface area contributed by atoms with Crippen molar-refractivity contribution in [1.82, 2.24) is 39.7 Å². The van der Waals surface area contributed by atoms with Gasteiger partial charge in [-0.25, -0.2) is 9.97 Å². The topological polar surface area (TPSA) is 114 Å². The van der Waals surface area contributed by atoms with Gasteiger partial charge >= 0.3 is 0 Å². The lowest BCUT2D eigenvalue weighted by Crippen LogP contribution is -1.97. The van der Waals surface area contributed by atoms with Crippen molar-refractivity contribution in [2.75, 3.05) is 0 Å². The van der Waals surface area contributed by atoms with Gasteiger partial charge in [0.15, 0.2) is 5.82 Å². The van der Waals surface area contributed by atoms with E-state index in [1.165, 1.54) is 0 Å². The summed E-state index contributed by atoms with van der Waals surface area (Å²) in [5, 5.41) is 22.5. The number of nitrogens with one attached hydrogen (secondary N) is 1. The number of hydrogen-bond acceptors (Lipinski definition) is 6. The highest BCUT2D eigenvalue weighted by Gasteiger charge is 2.10. The van der Waals surface area contributed by atoms with Crippen LogP contribution in [-0.2, 0) is 0 Å². The molecule has 1 N–H and O–H groups in total. The predicted octanol–water partition coefficient (Wildman–Crippen LogP) is 2.80. The predicted molar refractivity (Wildman–Crippen MR) is 105 cm³/mol. The lowest BCUT2D eigenvalue weighted by molar-refractivity contribution is 0.881. The largest absolute Gasteiger partial charge is 0.297 e. The molecule has 0 atom stereocenters. The summed E-state index contributed by atoms with van der Waals surface area (Å²) in [5.41, 5.74) is 1.97. The first kappa shape index (κ1) is 17.8. The molecule has 0 aliphatic rings. The van der Waals surface area contributed by atoms with Crippen molar-refractivity contribution < 1.29 is 0 Å². The Morgan fingerprint density at radius 2 is 1.41 bits per heavy atom. The number of benzene rings is 2. The van der Waals surface area contributed by atoms with Crippen LogP contribution in [0.1, 0.15) is 5.82 Å². The summed E-state index contributed by atoms with van der Waals surface area (Å²) in [6, 6.07) is 21.6. The molecule has 3 aromatic heterocycles. The van der Waals surface area contributed by atoms with E-state index in [1.54, 1.807) is 23.2 Å². The summed E-state index contributed by atoms with van der Waals surface area (Å²) in [4.78, 5) is 8.13. The van der Waals surface area contributed by atoms with Crippen molar-refractivity contribution in [1.29, 1.82) is 5.26 Å². The van der Waals surface area contributed by atoms with Crippen LogP contribution in [0.3, 0.4) is 0 Å². The molecule has 0 aliphatic heterocycles. The second kappa shape index (κ2) is 8.41. The molecule has 9 heteroatoms. The fourth-order valence-electron chi connectivity index (χ4n) is 2.71. The van der Waals surface area contributed by atoms with Gasteiger partial charge in [-0.3, -0.25) is 9.13 Å². The number of para-hydroxylation sites is 2. The fraction of sp³-hybridized carbons (Fsp3) is 0. The van der Waals surface area contributed by atoms with Crippen molar-refractivity contribution >= 4 is 0 Å². The molecule has 2 aromatic carbocycles. The lowest BCUT2D eigenvalue weighted by atomic mass is 10.3. The number of H-pyrrole nitrogens is 1. The van der Waals surface area contributed by atoms with Crippen LogP contribution < -0.4 is 0 Å². The second-order valence-electron chi connectivity index (χ2n) is 5.76. The van der Waals surface area contributed by atoms with Gasteiger partial charge in [-0.05, 0) is 29.5 Å².